The molecule has 1 rings (SSSR count). The number of hydrogen-bond acceptors (Lipinski definition) is 4. The van der Waals surface area contributed by atoms with E-state index in [1.165, 1.54) is 0 Å². The van der Waals surface area contributed by atoms with Gasteiger partial charge in [-0.3, -0.25) is 9.59 Å². The zero-order valence-electron chi connectivity index (χ0n) is 12.5. The van der Waals surface area contributed by atoms with Gasteiger partial charge in [-0.05, 0) is 5.56 Å². The molecule has 0 aliphatic carbocycles. The second-order valence-electron chi connectivity index (χ2n) is 5.79. The lowest BCUT2D eigenvalue weighted by Gasteiger charge is -2.27. The van der Waals surface area contributed by atoms with Crippen LogP contribution in [0.1, 0.15) is 25.8 Å². The highest BCUT2D eigenvalue weighted by Gasteiger charge is 2.32. The molecule has 0 aliphatic rings. The second-order valence-corrected chi connectivity index (χ2v) is 5.79. The van der Waals surface area contributed by atoms with Crippen LogP contribution in [0.25, 0.3) is 0 Å². The van der Waals surface area contributed by atoms with E-state index >= 15 is 0 Å². The Bertz CT molecular complexity index is 470. The number of Topliss-reactive ketones (excluding diaryl/α,β-unsaturated/α-hetero) is 1. The molecule has 0 fully saturated rings. The molecule has 5 heteroatoms. The molecule has 1 unspecified atom stereocenters. The number of hydrogen-bond donors (Lipinski definition) is 3. The highest BCUT2D eigenvalue weighted by molar-refractivity contribution is 5.83. The van der Waals surface area contributed by atoms with E-state index in [9.17, 15) is 14.7 Å². The zero-order valence-corrected chi connectivity index (χ0v) is 12.5. The SMILES string of the molecule is CC(C)(CO)C(O)C(=O)NCCC(=O)Cc1ccccc1. The van der Waals surface area contributed by atoms with Crippen molar-refractivity contribution in [1.82, 2.24) is 5.32 Å². The normalized spacial score (nSPS) is 12.8. The summed E-state index contributed by atoms with van der Waals surface area (Å²) in [4.78, 5) is 23.5. The number of amides is 1. The van der Waals surface area contributed by atoms with E-state index < -0.39 is 17.4 Å². The molecule has 0 saturated heterocycles. The number of ketones is 1. The van der Waals surface area contributed by atoms with Gasteiger partial charge >= 0.3 is 0 Å². The lowest BCUT2D eigenvalue weighted by Crippen LogP contribution is -2.46. The first-order valence-electron chi connectivity index (χ1n) is 6.99. The maximum absolute atomic E-state index is 11.8. The predicted octanol–water partition coefficient (Wildman–Crippen LogP) is 0.684. The Balaban J connectivity index is 2.33. The summed E-state index contributed by atoms with van der Waals surface area (Å²) >= 11 is 0. The summed E-state index contributed by atoms with van der Waals surface area (Å²) in [6.07, 6.45) is -0.749. The summed E-state index contributed by atoms with van der Waals surface area (Å²) in [6, 6.07) is 9.39. The Hall–Kier alpha value is -1.72. The molecule has 3 N–H and O–H groups in total. The van der Waals surface area contributed by atoms with Crippen LogP contribution in [-0.2, 0) is 16.0 Å². The van der Waals surface area contributed by atoms with Gasteiger partial charge in [0.05, 0.1) is 6.61 Å². The number of carbonyl (C=O) groups excluding carboxylic acids is 2. The summed E-state index contributed by atoms with van der Waals surface area (Å²) < 4.78 is 0. The molecule has 0 saturated carbocycles. The molecule has 0 aromatic heterocycles. The van der Waals surface area contributed by atoms with Crippen molar-refractivity contribution in [3.05, 3.63) is 35.9 Å². The maximum atomic E-state index is 11.8. The van der Waals surface area contributed by atoms with E-state index in [1.54, 1.807) is 13.8 Å². The number of carbonyl (C=O) groups is 2. The van der Waals surface area contributed by atoms with Gasteiger partial charge in [-0.25, -0.2) is 0 Å². The molecule has 1 aromatic carbocycles. The van der Waals surface area contributed by atoms with Crippen molar-refractivity contribution in [2.45, 2.75) is 32.8 Å². The Morgan fingerprint density at radius 1 is 1.24 bits per heavy atom. The van der Waals surface area contributed by atoms with Crippen molar-refractivity contribution in [3.63, 3.8) is 0 Å². The van der Waals surface area contributed by atoms with Crippen LogP contribution in [0.15, 0.2) is 30.3 Å². The largest absolute Gasteiger partial charge is 0.396 e. The molecular formula is C16H23NO4. The Kier molecular flexibility index (Phi) is 6.52. The second kappa shape index (κ2) is 7.90. The molecule has 0 bridgehead atoms. The van der Waals surface area contributed by atoms with Gasteiger partial charge in [0, 0.05) is 24.8 Å². The molecule has 21 heavy (non-hydrogen) atoms. The van der Waals surface area contributed by atoms with Crippen molar-refractivity contribution < 1.29 is 19.8 Å². The summed E-state index contributed by atoms with van der Waals surface area (Å²) in [5.74, 6) is -0.543. The van der Waals surface area contributed by atoms with Gasteiger partial charge in [-0.15, -0.1) is 0 Å². The van der Waals surface area contributed by atoms with Gasteiger partial charge in [0.1, 0.15) is 11.9 Å². The summed E-state index contributed by atoms with van der Waals surface area (Å²) in [6.45, 7) is 3.08. The highest BCUT2D eigenvalue weighted by Crippen LogP contribution is 2.19. The number of rotatable bonds is 8. The maximum Gasteiger partial charge on any atom is 0.249 e. The van der Waals surface area contributed by atoms with Gasteiger partial charge in [-0.2, -0.15) is 0 Å². The van der Waals surface area contributed by atoms with Crippen molar-refractivity contribution in [2.24, 2.45) is 5.41 Å². The molecule has 1 amide bonds. The molecule has 0 heterocycles. The quantitative estimate of drug-likeness (QED) is 0.658. The average molecular weight is 293 g/mol. The molecule has 0 spiro atoms. The number of benzene rings is 1. The van der Waals surface area contributed by atoms with Crippen LogP contribution in [0.2, 0.25) is 0 Å². The fourth-order valence-electron chi connectivity index (χ4n) is 1.78. The standard InChI is InChI=1S/C16H23NO4/c1-16(2,11-18)14(20)15(21)17-9-8-13(19)10-12-6-4-3-5-7-12/h3-7,14,18,20H,8-11H2,1-2H3,(H,17,21). The minimum atomic E-state index is -1.30. The molecule has 0 aliphatic heterocycles. The molecule has 0 radical (unpaired) electrons. The first-order valence-corrected chi connectivity index (χ1v) is 6.99. The smallest absolute Gasteiger partial charge is 0.249 e. The molecule has 1 aromatic rings. The van der Waals surface area contributed by atoms with Gasteiger partial charge in [0.2, 0.25) is 5.91 Å². The Morgan fingerprint density at radius 2 is 1.86 bits per heavy atom. The van der Waals surface area contributed by atoms with Crippen molar-refractivity contribution in [2.75, 3.05) is 13.2 Å². The van der Waals surface area contributed by atoms with Crippen molar-refractivity contribution in [3.8, 4) is 0 Å². The monoisotopic (exact) mass is 293 g/mol. The zero-order chi connectivity index (χ0) is 15.9. The van der Waals surface area contributed by atoms with Crippen LogP contribution in [0, 0.1) is 5.41 Å². The Labute approximate surface area is 125 Å². The van der Waals surface area contributed by atoms with Crippen molar-refractivity contribution >= 4 is 11.7 Å². The minimum absolute atomic E-state index is 0.0254. The van der Waals surface area contributed by atoms with Crippen LogP contribution in [0.3, 0.4) is 0 Å². The van der Waals surface area contributed by atoms with Gasteiger partial charge in [-0.1, -0.05) is 44.2 Å². The highest BCUT2D eigenvalue weighted by atomic mass is 16.3. The van der Waals surface area contributed by atoms with Crippen LogP contribution >= 0.6 is 0 Å². The number of aliphatic hydroxyl groups is 2. The molecule has 116 valence electrons. The van der Waals surface area contributed by atoms with E-state index in [4.69, 9.17) is 5.11 Å². The van der Waals surface area contributed by atoms with Crippen LogP contribution in [0.5, 0.6) is 0 Å². The van der Waals surface area contributed by atoms with Gasteiger partial charge < -0.3 is 15.5 Å². The van der Waals surface area contributed by atoms with Crippen molar-refractivity contribution in [1.29, 1.82) is 0 Å². The number of aliphatic hydroxyl groups excluding tert-OH is 2. The fraction of sp³-hybridized carbons (Fsp3) is 0.500. The van der Waals surface area contributed by atoms with E-state index in [1.807, 2.05) is 30.3 Å². The van der Waals surface area contributed by atoms with E-state index in [0.717, 1.165) is 5.56 Å². The topological polar surface area (TPSA) is 86.6 Å². The van der Waals surface area contributed by atoms with Gasteiger partial charge in [0.15, 0.2) is 0 Å². The molecule has 5 nitrogen and oxygen atoms in total. The van der Waals surface area contributed by atoms with Crippen LogP contribution < -0.4 is 5.32 Å². The summed E-state index contributed by atoms with van der Waals surface area (Å²) in [7, 11) is 0. The lowest BCUT2D eigenvalue weighted by molar-refractivity contribution is -0.137. The third-order valence-electron chi connectivity index (χ3n) is 3.34. The van der Waals surface area contributed by atoms with Crippen LogP contribution in [0.4, 0.5) is 0 Å². The third kappa shape index (κ3) is 5.65. The van der Waals surface area contributed by atoms with E-state index in [0.29, 0.717) is 6.42 Å². The summed E-state index contributed by atoms with van der Waals surface area (Å²) in [5, 5.41) is 21.4. The molecular weight excluding hydrogens is 270 g/mol. The van der Waals surface area contributed by atoms with Gasteiger partial charge in [0.25, 0.3) is 0 Å². The average Bonchev–Trinajstić information content (AvgIpc) is 2.47. The third-order valence-corrected chi connectivity index (χ3v) is 3.34. The first kappa shape index (κ1) is 17.3. The fourth-order valence-corrected chi connectivity index (χ4v) is 1.78. The molecule has 1 atom stereocenters. The van der Waals surface area contributed by atoms with Crippen LogP contribution in [-0.4, -0.2) is 41.2 Å². The van der Waals surface area contributed by atoms with E-state index in [2.05, 4.69) is 5.32 Å². The Morgan fingerprint density at radius 3 is 2.43 bits per heavy atom. The first-order chi connectivity index (χ1) is 9.86. The predicted molar refractivity (Wildman–Crippen MR) is 79.7 cm³/mol. The minimum Gasteiger partial charge on any atom is -0.396 e. The van der Waals surface area contributed by atoms with E-state index in [-0.39, 0.29) is 25.4 Å². The number of nitrogens with one attached hydrogen (secondary N) is 1. The summed E-state index contributed by atoms with van der Waals surface area (Å²) in [5.41, 5.74) is 0.0354. The lowest BCUT2D eigenvalue weighted by atomic mass is 9.87.